The average Bonchev–Trinajstić information content (AvgIpc) is 2.04. The molecule has 0 aliphatic carbocycles. The van der Waals surface area contributed by atoms with E-state index >= 15 is 0 Å². The Bertz CT molecular complexity index is 167. The molecule has 0 atom stereocenters. The average molecular weight is 343 g/mol. The van der Waals surface area contributed by atoms with E-state index in [1.54, 1.807) is 0 Å². The second kappa shape index (κ2) is 8.27. The second-order valence-corrected chi connectivity index (χ2v) is 1.32. The molecule has 5 nitrogen and oxygen atoms in total. The van der Waals surface area contributed by atoms with Gasteiger partial charge in [0.15, 0.2) is 5.97 Å². The summed E-state index contributed by atoms with van der Waals surface area (Å²) in [6.45, 7) is 2.52. The van der Waals surface area contributed by atoms with Crippen molar-refractivity contribution in [1.82, 2.24) is 0 Å². The summed E-state index contributed by atoms with van der Waals surface area (Å²) in [4.78, 5) is 20.5. The molecule has 0 heterocycles. The van der Waals surface area contributed by atoms with Crippen molar-refractivity contribution in [3.05, 3.63) is 12.7 Å². The van der Waals surface area contributed by atoms with Gasteiger partial charge in [0, 0.05) is 21.1 Å². The van der Waals surface area contributed by atoms with Crippen LogP contribution >= 0.6 is 0 Å². The molecule has 0 bridgehead atoms. The molecule has 0 aromatic heterocycles. The molecule has 12 heavy (non-hydrogen) atoms. The topological polar surface area (TPSA) is 61.8 Å². The van der Waals surface area contributed by atoms with Gasteiger partial charge >= 0.3 is 6.16 Å². The third kappa shape index (κ3) is 7.28. The van der Waals surface area contributed by atoms with E-state index in [9.17, 15) is 9.59 Å². The number of hydrogen-bond acceptors (Lipinski definition) is 5. The number of carbonyl (C=O) groups excluding carboxylic acids is 2. The SMILES string of the molecule is C=[C-]C(=O)OCOC(=O)OC.[W]. The number of esters is 1. The maximum absolute atomic E-state index is 10.3. The number of carbonyl (C=O) groups is 2. The molecule has 68 valence electrons. The van der Waals surface area contributed by atoms with Crippen molar-refractivity contribution >= 4 is 12.1 Å². The van der Waals surface area contributed by atoms with Crippen LogP contribution in [0.25, 0.3) is 0 Å². The molecule has 0 spiro atoms. The summed E-state index contributed by atoms with van der Waals surface area (Å²) >= 11 is 0. The van der Waals surface area contributed by atoms with Gasteiger partial charge in [0.2, 0.25) is 6.79 Å². The van der Waals surface area contributed by atoms with Gasteiger partial charge in [-0.25, -0.2) is 4.79 Å². The van der Waals surface area contributed by atoms with Crippen LogP contribution in [0.5, 0.6) is 0 Å². The quantitative estimate of drug-likeness (QED) is 0.318. The van der Waals surface area contributed by atoms with Gasteiger partial charge in [-0.1, -0.05) is 0 Å². The van der Waals surface area contributed by atoms with Crippen LogP contribution in [0.4, 0.5) is 4.79 Å². The number of hydrogen-bond donors (Lipinski definition) is 0. The van der Waals surface area contributed by atoms with Crippen LogP contribution in [-0.2, 0) is 40.1 Å². The molecule has 0 unspecified atom stereocenters. The Kier molecular flexibility index (Phi) is 9.46. The fourth-order valence-electron chi connectivity index (χ4n) is 0.241. The molecule has 0 aliphatic heterocycles. The smallest absolute Gasteiger partial charge is 0.454 e. The molecule has 6 heteroatoms. The van der Waals surface area contributed by atoms with Crippen LogP contribution in [0.15, 0.2) is 6.58 Å². The van der Waals surface area contributed by atoms with Gasteiger partial charge in [0.1, 0.15) is 0 Å². The molecule has 0 radical (unpaired) electrons. The summed E-state index contributed by atoms with van der Waals surface area (Å²) in [5, 5.41) is 0. The van der Waals surface area contributed by atoms with Gasteiger partial charge in [-0.3, -0.25) is 11.4 Å². The molecule has 0 saturated carbocycles. The maximum Gasteiger partial charge on any atom is 0.510 e. The molecule has 0 rings (SSSR count). The monoisotopic (exact) mass is 343 g/mol. The molecular formula is C6H7O5W-. The van der Waals surface area contributed by atoms with E-state index < -0.39 is 18.9 Å². The summed E-state index contributed by atoms with van der Waals surface area (Å²) in [5.41, 5.74) is 0. The Morgan fingerprint density at radius 1 is 1.42 bits per heavy atom. The van der Waals surface area contributed by atoms with Gasteiger partial charge in [-0.2, -0.15) is 0 Å². The van der Waals surface area contributed by atoms with Crippen molar-refractivity contribution in [2.75, 3.05) is 13.9 Å². The van der Waals surface area contributed by atoms with E-state index in [4.69, 9.17) is 0 Å². The maximum atomic E-state index is 10.3. The van der Waals surface area contributed by atoms with Gasteiger partial charge in [-0.05, 0) is 0 Å². The van der Waals surface area contributed by atoms with E-state index in [0.29, 0.717) is 0 Å². The van der Waals surface area contributed by atoms with Crippen molar-refractivity contribution < 1.29 is 44.9 Å². The van der Waals surface area contributed by atoms with Gasteiger partial charge < -0.3 is 20.3 Å². The first kappa shape index (κ1) is 13.7. The van der Waals surface area contributed by atoms with Crippen molar-refractivity contribution in [1.29, 1.82) is 0 Å². The summed E-state index contributed by atoms with van der Waals surface area (Å²) in [5.74, 6) is -0.783. The Balaban J connectivity index is 0. The minimum absolute atomic E-state index is 0. The summed E-state index contributed by atoms with van der Waals surface area (Å²) < 4.78 is 12.5. The Hall–Kier alpha value is -0.832. The molecule has 0 N–H and O–H groups in total. The van der Waals surface area contributed by atoms with Gasteiger partial charge in [0.05, 0.1) is 7.11 Å². The third-order valence-electron chi connectivity index (χ3n) is 0.678. The summed E-state index contributed by atoms with van der Waals surface area (Å²) in [6.07, 6.45) is 0.998. The third-order valence-corrected chi connectivity index (χ3v) is 0.678. The first-order valence-electron chi connectivity index (χ1n) is 2.61. The van der Waals surface area contributed by atoms with Crippen molar-refractivity contribution in [2.24, 2.45) is 0 Å². The predicted molar refractivity (Wildman–Crippen MR) is 33.3 cm³/mol. The first-order chi connectivity index (χ1) is 5.20. The largest absolute Gasteiger partial charge is 0.510 e. The number of methoxy groups -OCH3 is 1. The minimum Gasteiger partial charge on any atom is -0.454 e. The molecule has 0 aromatic rings. The van der Waals surface area contributed by atoms with Crippen molar-refractivity contribution in [2.45, 2.75) is 0 Å². The zero-order valence-electron chi connectivity index (χ0n) is 6.36. The van der Waals surface area contributed by atoms with Gasteiger partial charge in [-0.15, -0.1) is 0 Å². The first-order valence-corrected chi connectivity index (χ1v) is 2.61. The van der Waals surface area contributed by atoms with Crippen LogP contribution in [0.3, 0.4) is 0 Å². The molecule has 0 fully saturated rings. The standard InChI is InChI=1S/C6H7O5.W/c1-3-5(7)10-4-11-6(8)9-2;/h1,4H2,2H3;/q-1;. The van der Waals surface area contributed by atoms with Crippen LogP contribution in [0.2, 0.25) is 0 Å². The van der Waals surface area contributed by atoms with E-state index in [0.717, 1.165) is 7.11 Å². The number of rotatable bonds is 3. The summed E-state index contributed by atoms with van der Waals surface area (Å²) in [7, 11) is 1.14. The zero-order valence-corrected chi connectivity index (χ0v) is 9.30. The molecular weight excluding hydrogens is 336 g/mol. The van der Waals surface area contributed by atoms with Crippen LogP contribution in [0, 0.1) is 6.08 Å². The molecule has 0 aliphatic rings. The fraction of sp³-hybridized carbons (Fsp3) is 0.333. The van der Waals surface area contributed by atoms with Crippen molar-refractivity contribution in [3.63, 3.8) is 0 Å². The van der Waals surface area contributed by atoms with E-state index in [-0.39, 0.29) is 21.1 Å². The zero-order chi connectivity index (χ0) is 8.69. The van der Waals surface area contributed by atoms with Gasteiger partial charge in [0.25, 0.3) is 0 Å². The van der Waals surface area contributed by atoms with Crippen molar-refractivity contribution in [3.8, 4) is 0 Å². The van der Waals surface area contributed by atoms with Crippen LogP contribution < -0.4 is 0 Å². The predicted octanol–water partition coefficient (Wildman–Crippen LogP) is 0.257. The van der Waals surface area contributed by atoms with E-state index in [1.165, 1.54) is 0 Å². The molecule has 0 aromatic carbocycles. The minimum atomic E-state index is -0.915. The normalized spacial score (nSPS) is 7.42. The van der Waals surface area contributed by atoms with Crippen LogP contribution in [0.1, 0.15) is 0 Å². The fourth-order valence-corrected chi connectivity index (χ4v) is 0.241. The summed E-state index contributed by atoms with van der Waals surface area (Å²) in [6, 6.07) is 0. The van der Waals surface area contributed by atoms with Crippen LogP contribution in [-0.4, -0.2) is 26.0 Å². The Morgan fingerprint density at radius 3 is 2.42 bits per heavy atom. The molecule has 0 amide bonds. The molecule has 0 saturated heterocycles. The Morgan fingerprint density at radius 2 is 2.00 bits per heavy atom. The number of ether oxygens (including phenoxy) is 3. The van der Waals surface area contributed by atoms with E-state index in [2.05, 4.69) is 20.8 Å². The second-order valence-electron chi connectivity index (χ2n) is 1.32. The van der Waals surface area contributed by atoms with E-state index in [1.807, 2.05) is 6.08 Å². The Labute approximate surface area is 83.9 Å².